The Balaban J connectivity index is 1.20. The van der Waals surface area contributed by atoms with Gasteiger partial charge in [-0.1, -0.05) is 48.5 Å². The Morgan fingerprint density at radius 3 is 2.37 bits per heavy atom. The summed E-state index contributed by atoms with van der Waals surface area (Å²) < 4.78 is 20.3. The first-order chi connectivity index (χ1) is 17.6. The molecule has 6 fully saturated rings. The van der Waals surface area contributed by atoms with E-state index in [1.165, 1.54) is 38.5 Å². The number of carbonyl (C=O) groups is 1. The van der Waals surface area contributed by atoms with Crippen LogP contribution in [0.15, 0.2) is 0 Å². The lowest BCUT2D eigenvalue weighted by Crippen LogP contribution is -2.58. The van der Waals surface area contributed by atoms with Crippen LogP contribution < -0.4 is 0 Å². The van der Waals surface area contributed by atoms with Crippen LogP contribution in [0.4, 0.5) is 0 Å². The lowest BCUT2D eigenvalue weighted by Gasteiger charge is -2.61. The molecule has 12 unspecified atom stereocenters. The number of ether oxygens (including phenoxy) is 2. The molecule has 12 atom stereocenters. The third kappa shape index (κ3) is 3.86. The van der Waals surface area contributed by atoms with E-state index in [9.17, 15) is 4.79 Å². The average Bonchev–Trinajstić information content (AvgIpc) is 3.27. The lowest BCUT2D eigenvalue weighted by molar-refractivity contribution is -0.272. The topological polar surface area (TPSA) is 44.8 Å². The Morgan fingerprint density at radius 2 is 1.71 bits per heavy atom. The maximum Gasteiger partial charge on any atom is 0.192 e. The van der Waals surface area contributed by atoms with Gasteiger partial charge in [0.2, 0.25) is 0 Å². The summed E-state index contributed by atoms with van der Waals surface area (Å²) >= 11 is 0. The predicted molar refractivity (Wildman–Crippen MR) is 154 cm³/mol. The van der Waals surface area contributed by atoms with Crippen LogP contribution >= 0.6 is 0 Å². The van der Waals surface area contributed by atoms with Crippen LogP contribution in [0.3, 0.4) is 0 Å². The van der Waals surface area contributed by atoms with E-state index in [0.29, 0.717) is 53.3 Å². The molecular formula is C33H56O4Si. The molecule has 6 rings (SSSR count). The molecule has 0 radical (unpaired) electrons. The average molecular weight is 545 g/mol. The summed E-state index contributed by atoms with van der Waals surface area (Å²) in [6.07, 6.45) is 10.8. The number of hydrogen-bond donors (Lipinski definition) is 0. The summed E-state index contributed by atoms with van der Waals surface area (Å²) in [5, 5.41) is 0.255. The van der Waals surface area contributed by atoms with Crippen LogP contribution in [0.5, 0.6) is 0 Å². The van der Waals surface area contributed by atoms with Gasteiger partial charge in [0, 0.05) is 36.2 Å². The summed E-state index contributed by atoms with van der Waals surface area (Å²) in [7, 11) is -1.77. The highest BCUT2D eigenvalue weighted by molar-refractivity contribution is 6.74. The summed E-state index contributed by atoms with van der Waals surface area (Å²) in [5.41, 5.74) is 0.0359. The zero-order chi connectivity index (χ0) is 27.5. The monoisotopic (exact) mass is 544 g/mol. The summed E-state index contributed by atoms with van der Waals surface area (Å²) in [5.74, 6) is 3.70. The van der Waals surface area contributed by atoms with Gasteiger partial charge in [0.15, 0.2) is 14.1 Å². The van der Waals surface area contributed by atoms with Crippen molar-refractivity contribution in [3.63, 3.8) is 0 Å². The third-order valence-corrected chi connectivity index (χ3v) is 18.6. The number of ketones is 1. The van der Waals surface area contributed by atoms with Crippen molar-refractivity contribution in [2.24, 2.45) is 52.3 Å². The Morgan fingerprint density at radius 1 is 0.974 bits per heavy atom. The third-order valence-electron chi connectivity index (χ3n) is 14.0. The highest BCUT2D eigenvalue weighted by Gasteiger charge is 2.71. The number of hydrogen-bond acceptors (Lipinski definition) is 4. The van der Waals surface area contributed by atoms with Crippen LogP contribution in [0.2, 0.25) is 18.1 Å². The fraction of sp³-hybridized carbons (Fsp3) is 0.970. The van der Waals surface area contributed by atoms with Crippen LogP contribution in [0, 0.1) is 52.3 Å². The second kappa shape index (κ2) is 8.88. The van der Waals surface area contributed by atoms with E-state index in [4.69, 9.17) is 13.9 Å². The lowest BCUT2D eigenvalue weighted by atomic mass is 9.44. The van der Waals surface area contributed by atoms with Gasteiger partial charge in [-0.15, -0.1) is 0 Å². The minimum absolute atomic E-state index is 0.190. The molecule has 2 aliphatic heterocycles. The molecule has 0 N–H and O–H groups in total. The van der Waals surface area contributed by atoms with Crippen LogP contribution in [0.25, 0.3) is 0 Å². The van der Waals surface area contributed by atoms with Crippen LogP contribution in [0.1, 0.15) is 106 Å². The molecule has 216 valence electrons. The Kier molecular flexibility index (Phi) is 6.52. The van der Waals surface area contributed by atoms with Gasteiger partial charge in [0.1, 0.15) is 5.78 Å². The Bertz CT molecular complexity index is 947. The molecule has 4 aliphatic carbocycles. The molecule has 2 saturated heterocycles. The fourth-order valence-corrected chi connectivity index (χ4v) is 12.0. The van der Waals surface area contributed by atoms with E-state index >= 15 is 0 Å². The molecule has 6 aliphatic rings. The highest BCUT2D eigenvalue weighted by Crippen LogP contribution is 2.70. The van der Waals surface area contributed by atoms with E-state index in [1.54, 1.807) is 0 Å². The van der Waals surface area contributed by atoms with Crippen molar-refractivity contribution in [3.05, 3.63) is 0 Å². The smallest absolute Gasteiger partial charge is 0.192 e. The van der Waals surface area contributed by atoms with Crippen molar-refractivity contribution in [2.45, 2.75) is 142 Å². The first-order valence-electron chi connectivity index (χ1n) is 16.2. The second-order valence-electron chi connectivity index (χ2n) is 16.8. The summed E-state index contributed by atoms with van der Waals surface area (Å²) in [6.45, 7) is 22.2. The first-order valence-corrected chi connectivity index (χ1v) is 19.1. The summed E-state index contributed by atoms with van der Waals surface area (Å²) in [4.78, 5) is 14.3. The van der Waals surface area contributed by atoms with Crippen LogP contribution in [-0.4, -0.2) is 38.7 Å². The number of fused-ring (bicyclic) bond motifs is 7. The molecular weight excluding hydrogens is 488 g/mol. The molecule has 0 amide bonds. The quantitative estimate of drug-likeness (QED) is 0.330. The number of carbonyl (C=O) groups excluding carboxylic acids is 1. The van der Waals surface area contributed by atoms with E-state index < -0.39 is 14.1 Å². The minimum Gasteiger partial charge on any atom is -0.414 e. The van der Waals surface area contributed by atoms with Gasteiger partial charge in [0.05, 0.1) is 12.7 Å². The fourth-order valence-electron chi connectivity index (χ4n) is 10.6. The van der Waals surface area contributed by atoms with Gasteiger partial charge in [-0.05, 0) is 98.1 Å². The van der Waals surface area contributed by atoms with Crippen molar-refractivity contribution in [1.82, 2.24) is 0 Å². The van der Waals surface area contributed by atoms with Gasteiger partial charge in [-0.2, -0.15) is 0 Å². The van der Waals surface area contributed by atoms with E-state index in [1.807, 2.05) is 0 Å². The molecule has 2 heterocycles. The SMILES string of the molecule is CC1CCC2(OC1)OC1CC3C4CCC5CC(O[Si](C)(C)C(C)(C)C)CCC5(C)C4CC(=O)C3(C)C1C2C. The second-order valence-corrected chi connectivity index (χ2v) is 21.6. The van der Waals surface area contributed by atoms with E-state index in [-0.39, 0.29) is 22.0 Å². The van der Waals surface area contributed by atoms with Gasteiger partial charge < -0.3 is 13.9 Å². The first kappa shape index (κ1) is 27.9. The van der Waals surface area contributed by atoms with Gasteiger partial charge >= 0.3 is 0 Å². The van der Waals surface area contributed by atoms with Crippen molar-refractivity contribution in [1.29, 1.82) is 0 Å². The van der Waals surface area contributed by atoms with E-state index in [2.05, 4.69) is 61.6 Å². The van der Waals surface area contributed by atoms with Crippen molar-refractivity contribution >= 4 is 14.1 Å². The predicted octanol–water partition coefficient (Wildman–Crippen LogP) is 8.00. The van der Waals surface area contributed by atoms with Crippen molar-refractivity contribution < 1.29 is 18.7 Å². The maximum atomic E-state index is 14.3. The Hall–Kier alpha value is -0.233. The molecule has 38 heavy (non-hydrogen) atoms. The number of rotatable bonds is 2. The zero-order valence-electron chi connectivity index (χ0n) is 25.9. The minimum atomic E-state index is -1.77. The molecule has 1 spiro atoms. The normalized spacial score (nSPS) is 52.9. The molecule has 0 aromatic rings. The van der Waals surface area contributed by atoms with Gasteiger partial charge in [-0.25, -0.2) is 0 Å². The van der Waals surface area contributed by atoms with Crippen molar-refractivity contribution in [2.75, 3.05) is 6.61 Å². The zero-order valence-corrected chi connectivity index (χ0v) is 26.9. The molecule has 4 nitrogen and oxygen atoms in total. The van der Waals surface area contributed by atoms with Crippen LogP contribution in [-0.2, 0) is 18.7 Å². The standard InChI is InChI=1S/C33H56O4Si/c1-20-12-15-33(35-19-20)21(2)29-27(36-33)17-26-24-11-10-22-16-23(37-38(8,9)30(3,4)5)13-14-31(22,6)25(24)18-28(34)32(26,29)7/h20-27,29H,10-19H2,1-9H3. The van der Waals surface area contributed by atoms with E-state index in [0.717, 1.165) is 25.9 Å². The molecule has 0 aromatic carbocycles. The molecule has 4 saturated carbocycles. The number of Topliss-reactive ketones (excluding diaryl/α,β-unsaturated/α-hetero) is 1. The van der Waals surface area contributed by atoms with Gasteiger partial charge in [-0.3, -0.25) is 4.79 Å². The summed E-state index contributed by atoms with van der Waals surface area (Å²) in [6, 6.07) is 0. The largest absolute Gasteiger partial charge is 0.414 e. The maximum absolute atomic E-state index is 14.3. The Labute approximate surface area is 233 Å². The highest BCUT2D eigenvalue weighted by atomic mass is 28.4. The molecule has 5 heteroatoms. The van der Waals surface area contributed by atoms with Crippen molar-refractivity contribution in [3.8, 4) is 0 Å². The molecule has 0 aromatic heterocycles. The molecule has 0 bridgehead atoms. The van der Waals surface area contributed by atoms with Gasteiger partial charge in [0.25, 0.3) is 0 Å².